The Balaban J connectivity index is 1.71. The van der Waals surface area contributed by atoms with Gasteiger partial charge in [0.25, 0.3) is 5.91 Å². The van der Waals surface area contributed by atoms with E-state index in [1.165, 1.54) is 24.3 Å². The molecule has 0 atom stereocenters. The molecule has 4 rings (SSSR count). The zero-order valence-corrected chi connectivity index (χ0v) is 16.7. The van der Waals surface area contributed by atoms with Gasteiger partial charge in [-0.1, -0.05) is 30.3 Å². The minimum atomic E-state index is -4.35. The Morgan fingerprint density at radius 2 is 1.53 bits per heavy atom. The first kappa shape index (κ1) is 19.7. The molecule has 152 valence electrons. The molecule has 0 aliphatic carbocycles. The topological polar surface area (TPSA) is 105 Å². The highest BCUT2D eigenvalue weighted by Gasteiger charge is 2.14. The lowest BCUT2D eigenvalue weighted by Crippen LogP contribution is -2.13. The average molecular weight is 422 g/mol. The summed E-state index contributed by atoms with van der Waals surface area (Å²) < 4.78 is 37.9. The van der Waals surface area contributed by atoms with Gasteiger partial charge in [0.05, 0.1) is 12.8 Å². The Kier molecular flexibility index (Phi) is 5.03. The third kappa shape index (κ3) is 4.05. The van der Waals surface area contributed by atoms with E-state index < -0.39 is 10.3 Å². The lowest BCUT2D eigenvalue weighted by atomic mass is 9.96. The van der Waals surface area contributed by atoms with Crippen molar-refractivity contribution in [1.82, 2.24) is 0 Å². The zero-order chi connectivity index (χ0) is 21.3. The number of amides is 1. The molecule has 0 saturated carbocycles. The number of carbonyl (C=O) groups is 1. The molecule has 0 unspecified atom stereocenters. The maximum absolute atomic E-state index is 13.0. The smallest absolute Gasteiger partial charge is 0.357 e. The van der Waals surface area contributed by atoms with E-state index in [-0.39, 0.29) is 11.6 Å². The van der Waals surface area contributed by atoms with Crippen LogP contribution < -0.4 is 14.8 Å². The van der Waals surface area contributed by atoms with Crippen molar-refractivity contribution in [3.05, 3.63) is 78.4 Å². The maximum atomic E-state index is 13.0. The molecule has 3 N–H and O–H groups in total. The fourth-order valence-corrected chi connectivity index (χ4v) is 3.81. The van der Waals surface area contributed by atoms with Crippen molar-refractivity contribution < 1.29 is 22.5 Å². The van der Waals surface area contributed by atoms with Gasteiger partial charge in [-0.25, -0.2) is 0 Å². The third-order valence-electron chi connectivity index (χ3n) is 4.70. The number of fused-ring (bicyclic) bond motifs is 3. The number of hydrogen-bond acceptors (Lipinski definition) is 4. The van der Waals surface area contributed by atoms with Crippen LogP contribution in [-0.4, -0.2) is 26.0 Å². The van der Waals surface area contributed by atoms with Crippen molar-refractivity contribution in [2.75, 3.05) is 17.1 Å². The van der Waals surface area contributed by atoms with Gasteiger partial charge < -0.3 is 10.1 Å². The Labute approximate surface area is 173 Å². The summed E-state index contributed by atoms with van der Waals surface area (Å²) in [5.74, 6) is 0.400. The fraction of sp³-hybridized carbons (Fsp3) is 0.0455. The second-order valence-electron chi connectivity index (χ2n) is 6.67. The van der Waals surface area contributed by atoms with Crippen molar-refractivity contribution in [1.29, 1.82) is 0 Å². The van der Waals surface area contributed by atoms with E-state index in [0.29, 0.717) is 17.0 Å². The Morgan fingerprint density at radius 3 is 2.20 bits per heavy atom. The molecular weight excluding hydrogens is 404 g/mol. The van der Waals surface area contributed by atoms with Crippen molar-refractivity contribution in [3.8, 4) is 5.75 Å². The van der Waals surface area contributed by atoms with Crippen LogP contribution in [-0.2, 0) is 10.3 Å². The largest absolute Gasteiger partial charge is 0.497 e. The highest BCUT2D eigenvalue weighted by molar-refractivity contribution is 7.87. The number of carbonyl (C=O) groups excluding carboxylic acids is 1. The number of rotatable bonds is 5. The molecule has 30 heavy (non-hydrogen) atoms. The van der Waals surface area contributed by atoms with Gasteiger partial charge in [0.1, 0.15) is 5.75 Å². The monoisotopic (exact) mass is 422 g/mol. The minimum absolute atomic E-state index is 0.179. The lowest BCUT2D eigenvalue weighted by molar-refractivity contribution is 0.102. The standard InChI is InChI=1S/C22H18N2O5S/c1-29-17-10-11-18-14(12-17)13-21(20-5-3-2-4-19(18)20)22(25)23-15-6-8-16(9-7-15)24-30(26,27)28/h2-13,24H,1H3,(H,23,25)(H,26,27,28). The summed E-state index contributed by atoms with van der Waals surface area (Å²) in [7, 11) is -2.76. The van der Waals surface area contributed by atoms with Gasteiger partial charge in [-0.3, -0.25) is 14.1 Å². The highest BCUT2D eigenvalue weighted by atomic mass is 32.2. The van der Waals surface area contributed by atoms with Gasteiger partial charge in [0.2, 0.25) is 0 Å². The molecule has 0 aliphatic rings. The van der Waals surface area contributed by atoms with Crippen LogP contribution in [0.25, 0.3) is 21.5 Å². The molecule has 4 aromatic rings. The first-order chi connectivity index (χ1) is 14.3. The Morgan fingerprint density at radius 1 is 0.867 bits per heavy atom. The second kappa shape index (κ2) is 7.66. The summed E-state index contributed by atoms with van der Waals surface area (Å²) >= 11 is 0. The summed E-state index contributed by atoms with van der Waals surface area (Å²) in [5, 5.41) is 6.49. The number of hydrogen-bond donors (Lipinski definition) is 3. The van der Waals surface area contributed by atoms with E-state index >= 15 is 0 Å². The summed E-state index contributed by atoms with van der Waals surface area (Å²) in [6.45, 7) is 0. The van der Waals surface area contributed by atoms with Crippen LogP contribution >= 0.6 is 0 Å². The van der Waals surface area contributed by atoms with Crippen molar-refractivity contribution in [3.63, 3.8) is 0 Å². The van der Waals surface area contributed by atoms with Gasteiger partial charge in [0.15, 0.2) is 0 Å². The van der Waals surface area contributed by atoms with E-state index in [0.717, 1.165) is 21.5 Å². The van der Waals surface area contributed by atoms with E-state index in [9.17, 15) is 13.2 Å². The van der Waals surface area contributed by atoms with Gasteiger partial charge >= 0.3 is 10.3 Å². The quantitative estimate of drug-likeness (QED) is 0.325. The molecule has 0 aromatic heterocycles. The molecule has 1 amide bonds. The Bertz CT molecular complexity index is 1370. The normalized spacial score (nSPS) is 11.4. The molecule has 0 aliphatic heterocycles. The van der Waals surface area contributed by atoms with Gasteiger partial charge in [-0.2, -0.15) is 8.42 Å². The molecule has 4 aromatic carbocycles. The number of ether oxygens (including phenoxy) is 1. The van der Waals surface area contributed by atoms with Crippen molar-refractivity contribution in [2.24, 2.45) is 0 Å². The average Bonchev–Trinajstić information content (AvgIpc) is 2.73. The van der Waals surface area contributed by atoms with Crippen LogP contribution in [0, 0.1) is 0 Å². The van der Waals surface area contributed by atoms with Crippen LogP contribution in [0.2, 0.25) is 0 Å². The molecule has 8 heteroatoms. The second-order valence-corrected chi connectivity index (χ2v) is 7.82. The molecule has 7 nitrogen and oxygen atoms in total. The summed E-state index contributed by atoms with van der Waals surface area (Å²) in [5.41, 5.74) is 1.17. The van der Waals surface area contributed by atoms with Crippen molar-refractivity contribution in [2.45, 2.75) is 0 Å². The summed E-state index contributed by atoms with van der Waals surface area (Å²) in [4.78, 5) is 13.0. The molecule has 0 bridgehead atoms. The van der Waals surface area contributed by atoms with E-state index in [2.05, 4.69) is 5.32 Å². The van der Waals surface area contributed by atoms with Crippen LogP contribution in [0.1, 0.15) is 10.4 Å². The van der Waals surface area contributed by atoms with E-state index in [1.54, 1.807) is 7.11 Å². The molecular formula is C22H18N2O5S. The SMILES string of the molecule is COc1ccc2c(c1)cc(C(=O)Nc1ccc(NS(=O)(=O)O)cc1)c1ccccc12. The van der Waals surface area contributed by atoms with Gasteiger partial charge in [-0.15, -0.1) is 0 Å². The molecule has 0 heterocycles. The number of benzene rings is 4. The van der Waals surface area contributed by atoms with E-state index in [1.807, 2.05) is 53.3 Å². The molecule has 0 fully saturated rings. The predicted molar refractivity (Wildman–Crippen MR) is 118 cm³/mol. The first-order valence-corrected chi connectivity index (χ1v) is 10.4. The fourth-order valence-electron chi connectivity index (χ4n) is 3.38. The van der Waals surface area contributed by atoms with Crippen LogP contribution in [0.4, 0.5) is 11.4 Å². The zero-order valence-electron chi connectivity index (χ0n) is 15.9. The van der Waals surface area contributed by atoms with Crippen LogP contribution in [0.3, 0.4) is 0 Å². The van der Waals surface area contributed by atoms with Gasteiger partial charge in [-0.05, 0) is 64.0 Å². The molecule has 0 spiro atoms. The first-order valence-electron chi connectivity index (χ1n) is 9.00. The molecule has 0 saturated heterocycles. The summed E-state index contributed by atoms with van der Waals surface area (Å²) in [6, 6.07) is 21.2. The van der Waals surface area contributed by atoms with E-state index in [4.69, 9.17) is 9.29 Å². The minimum Gasteiger partial charge on any atom is -0.497 e. The maximum Gasteiger partial charge on any atom is 0.357 e. The third-order valence-corrected chi connectivity index (χ3v) is 5.19. The van der Waals surface area contributed by atoms with Crippen LogP contribution in [0.5, 0.6) is 5.75 Å². The van der Waals surface area contributed by atoms with Gasteiger partial charge in [0, 0.05) is 11.3 Å². The summed E-state index contributed by atoms with van der Waals surface area (Å²) in [6.07, 6.45) is 0. The lowest BCUT2D eigenvalue weighted by Gasteiger charge is -2.12. The number of methoxy groups -OCH3 is 1. The Hall–Kier alpha value is -3.62. The predicted octanol–water partition coefficient (Wildman–Crippen LogP) is 4.47. The number of nitrogens with one attached hydrogen (secondary N) is 2. The van der Waals surface area contributed by atoms with Crippen molar-refractivity contribution >= 4 is 49.1 Å². The number of anilines is 2. The highest BCUT2D eigenvalue weighted by Crippen LogP contribution is 2.31. The molecule has 0 radical (unpaired) electrons. The van der Waals surface area contributed by atoms with Crippen LogP contribution in [0.15, 0.2) is 72.8 Å².